The molecule has 0 aliphatic heterocycles. The van der Waals surface area contributed by atoms with Gasteiger partial charge in [-0.1, -0.05) is 96.8 Å². The van der Waals surface area contributed by atoms with Gasteiger partial charge < -0.3 is 14.8 Å². The second kappa shape index (κ2) is 21.2. The molecule has 5 heteroatoms. The van der Waals surface area contributed by atoms with Gasteiger partial charge in [-0.05, 0) is 6.42 Å². The van der Waals surface area contributed by atoms with Gasteiger partial charge in [-0.2, -0.15) is 0 Å². The van der Waals surface area contributed by atoms with Gasteiger partial charge in [-0.25, -0.2) is 0 Å². The molecule has 0 aromatic heterocycles. The first kappa shape index (κ1) is 28.2. The number of aliphatic carboxylic acids is 1. The average molecular weight is 378 g/mol. The van der Waals surface area contributed by atoms with Crippen molar-refractivity contribution in [2.45, 2.75) is 110 Å². The van der Waals surface area contributed by atoms with E-state index in [1.807, 2.05) is 0 Å². The largest absolute Gasteiger partial charge is 1.00 e. The van der Waals surface area contributed by atoms with E-state index in [0.29, 0.717) is 6.42 Å². The van der Waals surface area contributed by atoms with Crippen LogP contribution in [0.25, 0.3) is 0 Å². The first-order valence-corrected chi connectivity index (χ1v) is 10.5. The van der Waals surface area contributed by atoms with Crippen LogP contribution in [0.1, 0.15) is 110 Å². The van der Waals surface area contributed by atoms with E-state index < -0.39 is 5.97 Å². The van der Waals surface area contributed by atoms with E-state index in [0.717, 1.165) is 12.8 Å². The van der Waals surface area contributed by atoms with Crippen molar-refractivity contribution in [2.24, 2.45) is 0 Å². The van der Waals surface area contributed by atoms with Crippen LogP contribution in [0.4, 0.5) is 0 Å². The Kier molecular flexibility index (Phi) is 23.0. The fraction of sp³-hybridized carbons (Fsp3) is 0.905. The van der Waals surface area contributed by atoms with Crippen LogP contribution < -0.4 is 34.7 Å². The van der Waals surface area contributed by atoms with Crippen molar-refractivity contribution >= 4 is 11.9 Å². The second-order valence-corrected chi connectivity index (χ2v) is 7.32. The van der Waals surface area contributed by atoms with E-state index in [1.165, 1.54) is 95.4 Å². The van der Waals surface area contributed by atoms with Gasteiger partial charge in [-0.15, -0.1) is 0 Å². The smallest absolute Gasteiger partial charge is 0.548 e. The Bertz CT molecular complexity index is 337. The van der Waals surface area contributed by atoms with Gasteiger partial charge >= 0.3 is 29.6 Å². The van der Waals surface area contributed by atoms with E-state index in [9.17, 15) is 14.7 Å². The quantitative estimate of drug-likeness (QED) is 0.268. The molecule has 0 N–H and O–H groups in total. The fourth-order valence-electron chi connectivity index (χ4n) is 3.12. The third-order valence-corrected chi connectivity index (χ3v) is 4.79. The molecule has 0 spiro atoms. The van der Waals surface area contributed by atoms with E-state index in [1.54, 1.807) is 0 Å². The van der Waals surface area contributed by atoms with E-state index >= 15 is 0 Å². The minimum Gasteiger partial charge on any atom is -0.548 e. The zero-order valence-electron chi connectivity index (χ0n) is 17.7. The van der Waals surface area contributed by atoms with Gasteiger partial charge in [-0.3, -0.25) is 4.79 Å². The van der Waals surface area contributed by atoms with Crippen molar-refractivity contribution in [2.75, 3.05) is 13.6 Å². The third-order valence-electron chi connectivity index (χ3n) is 4.79. The van der Waals surface area contributed by atoms with E-state index in [4.69, 9.17) is 0 Å². The summed E-state index contributed by atoms with van der Waals surface area (Å²) in [7, 11) is 1.52. The van der Waals surface area contributed by atoms with Gasteiger partial charge in [0.15, 0.2) is 0 Å². The maximum atomic E-state index is 11.6. The Hall–Kier alpha value is -0.0600. The predicted molar refractivity (Wildman–Crippen MR) is 102 cm³/mol. The van der Waals surface area contributed by atoms with E-state index in [-0.39, 0.29) is 42.0 Å². The number of likely N-dealkylation sites (N-methyl/N-ethyl adjacent to an activating group) is 1. The van der Waals surface area contributed by atoms with E-state index in [2.05, 4.69) is 6.92 Å². The molecule has 0 fully saturated rings. The molecule has 0 bridgehead atoms. The van der Waals surface area contributed by atoms with Crippen LogP contribution >= 0.6 is 0 Å². The van der Waals surface area contributed by atoms with Gasteiger partial charge in [0.05, 0.1) is 12.5 Å². The fourth-order valence-corrected chi connectivity index (χ4v) is 3.12. The maximum Gasteiger partial charge on any atom is 1.00 e. The Morgan fingerprint density at radius 3 is 1.38 bits per heavy atom. The summed E-state index contributed by atoms with van der Waals surface area (Å²) in [4.78, 5) is 23.3. The number of unbranched alkanes of at least 4 members (excludes halogenated alkanes) is 14. The summed E-state index contributed by atoms with van der Waals surface area (Å²) >= 11 is 0. The number of carbonyl (C=O) groups excluding carboxylic acids is 2. The first-order chi connectivity index (χ1) is 12.1. The molecular weight excluding hydrogens is 337 g/mol. The molecule has 26 heavy (non-hydrogen) atoms. The molecule has 1 amide bonds. The Morgan fingerprint density at radius 2 is 1.04 bits per heavy atom. The summed E-state index contributed by atoms with van der Waals surface area (Å²) in [5.41, 5.74) is 0. The molecule has 4 nitrogen and oxygen atoms in total. The Morgan fingerprint density at radius 1 is 0.692 bits per heavy atom. The summed E-state index contributed by atoms with van der Waals surface area (Å²) in [6.07, 6.45) is 19.9. The van der Waals surface area contributed by atoms with Gasteiger partial charge in [0.1, 0.15) is 0 Å². The molecule has 0 saturated carbocycles. The zero-order chi connectivity index (χ0) is 18.8. The number of hydrogen-bond donors (Lipinski definition) is 0. The standard InChI is InChI=1S/C21H41NO3.Na/c1-3-4-5-6-7-8-9-10-11-12-13-14-15-16-17-18-20(23)22(2)19-21(24)25;/h3-19H2,1-2H3,(H,24,25);/q;+1/p-1. The van der Waals surface area contributed by atoms with Crippen molar-refractivity contribution in [1.82, 2.24) is 4.90 Å². The number of carboxylic acid groups (broad SMARTS) is 1. The summed E-state index contributed by atoms with van der Waals surface area (Å²) in [6.45, 7) is 1.95. The Labute approximate surface area is 183 Å². The van der Waals surface area contributed by atoms with Gasteiger partial charge in [0.25, 0.3) is 0 Å². The van der Waals surface area contributed by atoms with Crippen molar-refractivity contribution in [1.29, 1.82) is 0 Å². The van der Waals surface area contributed by atoms with Crippen LogP contribution in [0, 0.1) is 0 Å². The monoisotopic (exact) mass is 377 g/mol. The summed E-state index contributed by atoms with van der Waals surface area (Å²) in [5.74, 6) is -1.30. The normalized spacial score (nSPS) is 10.4. The Balaban J connectivity index is 0. The average Bonchev–Trinajstić information content (AvgIpc) is 2.57. The van der Waals surface area contributed by atoms with Crippen molar-refractivity contribution in [3.8, 4) is 0 Å². The molecule has 0 saturated heterocycles. The van der Waals surface area contributed by atoms with Crippen LogP contribution in [-0.2, 0) is 9.59 Å². The molecule has 0 atom stereocenters. The van der Waals surface area contributed by atoms with Crippen LogP contribution in [0.3, 0.4) is 0 Å². The summed E-state index contributed by atoms with van der Waals surface area (Å²) in [5, 5.41) is 10.4. The van der Waals surface area contributed by atoms with Crippen molar-refractivity contribution in [3.05, 3.63) is 0 Å². The molecule has 0 aromatic carbocycles. The number of carbonyl (C=O) groups is 2. The molecule has 0 aromatic rings. The van der Waals surface area contributed by atoms with Crippen molar-refractivity contribution in [3.63, 3.8) is 0 Å². The van der Waals surface area contributed by atoms with Crippen LogP contribution in [-0.4, -0.2) is 30.4 Å². The number of hydrogen-bond acceptors (Lipinski definition) is 3. The van der Waals surface area contributed by atoms with Crippen LogP contribution in [0.15, 0.2) is 0 Å². The number of rotatable bonds is 18. The SMILES string of the molecule is CCCCCCCCCCCCCCCCCC(=O)N(C)CC(=O)[O-].[Na+]. The van der Waals surface area contributed by atoms with Gasteiger partial charge in [0, 0.05) is 13.5 Å². The topological polar surface area (TPSA) is 60.4 Å². The van der Waals surface area contributed by atoms with Gasteiger partial charge in [0.2, 0.25) is 5.91 Å². The van der Waals surface area contributed by atoms with Crippen LogP contribution in [0.5, 0.6) is 0 Å². The zero-order valence-corrected chi connectivity index (χ0v) is 19.7. The number of nitrogens with zero attached hydrogens (tertiary/aromatic N) is 1. The molecule has 0 unspecified atom stereocenters. The first-order valence-electron chi connectivity index (χ1n) is 10.5. The number of amides is 1. The minimum atomic E-state index is -1.20. The minimum absolute atomic E-state index is 0. The third kappa shape index (κ3) is 20.3. The molecular formula is C21H40NNaO3. The summed E-state index contributed by atoms with van der Waals surface area (Å²) < 4.78 is 0. The van der Waals surface area contributed by atoms with Crippen LogP contribution in [0.2, 0.25) is 0 Å². The predicted octanol–water partition coefficient (Wildman–Crippen LogP) is 1.46. The molecule has 0 radical (unpaired) electrons. The molecule has 148 valence electrons. The summed E-state index contributed by atoms with van der Waals surface area (Å²) in [6, 6.07) is 0. The molecule has 0 aliphatic rings. The second-order valence-electron chi connectivity index (χ2n) is 7.32. The maximum absolute atomic E-state index is 11.6. The molecule has 0 heterocycles. The molecule has 0 rings (SSSR count). The molecule has 0 aliphatic carbocycles. The number of carboxylic acids is 1. The van der Waals surface area contributed by atoms with Crippen molar-refractivity contribution < 1.29 is 44.3 Å².